The fourth-order valence-corrected chi connectivity index (χ4v) is 2.12. The van der Waals surface area contributed by atoms with Crippen LogP contribution in [0, 0.1) is 5.92 Å². The van der Waals surface area contributed by atoms with Gasteiger partial charge in [-0.15, -0.1) is 0 Å². The number of hydrogen-bond donors (Lipinski definition) is 3. The number of H-pyrrole nitrogens is 1. The number of phenols is 1. The third-order valence-electron chi connectivity index (χ3n) is 3.40. The third-order valence-corrected chi connectivity index (χ3v) is 3.40. The summed E-state index contributed by atoms with van der Waals surface area (Å²) >= 11 is 0. The monoisotopic (exact) mass is 230 g/mol. The molecule has 1 aromatic carbocycles. The Morgan fingerprint density at radius 1 is 1.41 bits per heavy atom. The number of aromatic amines is 1. The number of phenolic OH excluding ortho intramolecular Hbond substituents is 1. The summed E-state index contributed by atoms with van der Waals surface area (Å²) in [4.78, 5) is 14.9. The molecule has 4 nitrogen and oxygen atoms in total. The van der Waals surface area contributed by atoms with Gasteiger partial charge in [0.15, 0.2) is 0 Å². The lowest BCUT2D eigenvalue weighted by molar-refractivity contribution is -0.122. The van der Waals surface area contributed by atoms with E-state index in [0.717, 1.165) is 35.9 Å². The number of carbonyl (C=O) groups is 1. The molecule has 1 fully saturated rings. The summed E-state index contributed by atoms with van der Waals surface area (Å²) in [5, 5.41) is 13.2. The van der Waals surface area contributed by atoms with Gasteiger partial charge in [0.1, 0.15) is 5.75 Å². The van der Waals surface area contributed by atoms with E-state index in [-0.39, 0.29) is 17.6 Å². The van der Waals surface area contributed by atoms with Crippen molar-refractivity contribution in [3.63, 3.8) is 0 Å². The summed E-state index contributed by atoms with van der Waals surface area (Å²) in [6.07, 6.45) is 4.88. The Bertz CT molecular complexity index is 570. The van der Waals surface area contributed by atoms with Crippen molar-refractivity contribution in [3.8, 4) is 5.75 Å². The molecular formula is C13H14N2O2. The maximum absolute atomic E-state index is 11.8. The van der Waals surface area contributed by atoms with Crippen LogP contribution in [0.2, 0.25) is 0 Å². The molecule has 0 saturated heterocycles. The van der Waals surface area contributed by atoms with E-state index >= 15 is 0 Å². The summed E-state index contributed by atoms with van der Waals surface area (Å²) < 4.78 is 0. The molecule has 2 aromatic rings. The highest BCUT2D eigenvalue weighted by atomic mass is 16.3. The number of aromatic hydroxyl groups is 1. The van der Waals surface area contributed by atoms with E-state index in [0.29, 0.717) is 0 Å². The van der Waals surface area contributed by atoms with Crippen LogP contribution in [-0.4, -0.2) is 16.0 Å². The molecule has 0 aliphatic heterocycles. The molecule has 3 N–H and O–H groups in total. The summed E-state index contributed by atoms with van der Waals surface area (Å²) in [5.74, 6) is 0.453. The van der Waals surface area contributed by atoms with E-state index in [1.165, 1.54) is 0 Å². The summed E-state index contributed by atoms with van der Waals surface area (Å²) in [5.41, 5.74) is 1.65. The van der Waals surface area contributed by atoms with Crippen molar-refractivity contribution < 1.29 is 9.90 Å². The Labute approximate surface area is 98.6 Å². The highest BCUT2D eigenvalue weighted by molar-refractivity contribution is 6.02. The number of anilines is 1. The summed E-state index contributed by atoms with van der Waals surface area (Å²) in [6, 6.07) is 5.07. The van der Waals surface area contributed by atoms with E-state index in [2.05, 4.69) is 10.3 Å². The number of hydrogen-bond acceptors (Lipinski definition) is 2. The van der Waals surface area contributed by atoms with Crippen molar-refractivity contribution in [2.75, 3.05) is 5.32 Å². The van der Waals surface area contributed by atoms with Crippen molar-refractivity contribution in [3.05, 3.63) is 24.4 Å². The fourth-order valence-electron chi connectivity index (χ4n) is 2.12. The molecule has 1 heterocycles. The second kappa shape index (κ2) is 3.80. The minimum Gasteiger partial charge on any atom is -0.508 e. The van der Waals surface area contributed by atoms with E-state index in [9.17, 15) is 9.90 Å². The van der Waals surface area contributed by atoms with Crippen LogP contribution in [-0.2, 0) is 4.79 Å². The molecule has 0 unspecified atom stereocenters. The van der Waals surface area contributed by atoms with Gasteiger partial charge in [-0.1, -0.05) is 6.42 Å². The van der Waals surface area contributed by atoms with E-state index in [4.69, 9.17) is 0 Å². The topological polar surface area (TPSA) is 65.1 Å². The Balaban J connectivity index is 1.89. The number of amides is 1. The standard InChI is InChI=1S/C13H14N2O2/c16-9-4-5-11-10(6-9)12(7-14-11)15-13(17)8-2-1-3-8/h4-8,14,16H,1-3H2,(H,15,17). The van der Waals surface area contributed by atoms with Gasteiger partial charge in [-0.05, 0) is 31.0 Å². The minimum atomic E-state index is 0.0838. The van der Waals surface area contributed by atoms with Gasteiger partial charge in [0.25, 0.3) is 0 Å². The number of rotatable bonds is 2. The van der Waals surface area contributed by atoms with Crippen LogP contribution in [0.5, 0.6) is 5.75 Å². The fraction of sp³-hybridized carbons (Fsp3) is 0.308. The lowest BCUT2D eigenvalue weighted by atomic mass is 9.85. The van der Waals surface area contributed by atoms with Crippen LogP contribution in [0.1, 0.15) is 19.3 Å². The van der Waals surface area contributed by atoms with Crippen molar-refractivity contribution >= 4 is 22.5 Å². The first-order valence-electron chi connectivity index (χ1n) is 5.85. The first-order valence-corrected chi connectivity index (χ1v) is 5.85. The SMILES string of the molecule is O=C(Nc1c[nH]c2ccc(O)cc12)C1CCC1. The highest BCUT2D eigenvalue weighted by Crippen LogP contribution is 2.30. The van der Waals surface area contributed by atoms with Crippen LogP contribution in [0.3, 0.4) is 0 Å². The first kappa shape index (κ1) is 10.2. The van der Waals surface area contributed by atoms with Crippen LogP contribution in [0.15, 0.2) is 24.4 Å². The highest BCUT2D eigenvalue weighted by Gasteiger charge is 2.25. The summed E-state index contributed by atoms with van der Waals surface area (Å²) in [6.45, 7) is 0. The molecule has 3 rings (SSSR count). The molecule has 1 aromatic heterocycles. The van der Waals surface area contributed by atoms with Gasteiger partial charge in [0.05, 0.1) is 5.69 Å². The van der Waals surface area contributed by atoms with Crippen LogP contribution >= 0.6 is 0 Å². The van der Waals surface area contributed by atoms with Gasteiger partial charge in [0, 0.05) is 23.0 Å². The normalized spacial score (nSPS) is 15.8. The molecule has 1 amide bonds. The molecule has 17 heavy (non-hydrogen) atoms. The lowest BCUT2D eigenvalue weighted by Gasteiger charge is -2.23. The lowest BCUT2D eigenvalue weighted by Crippen LogP contribution is -2.27. The van der Waals surface area contributed by atoms with Crippen LogP contribution in [0.4, 0.5) is 5.69 Å². The molecule has 1 aliphatic rings. The molecule has 0 spiro atoms. The van der Waals surface area contributed by atoms with Gasteiger partial charge >= 0.3 is 0 Å². The van der Waals surface area contributed by atoms with Crippen molar-refractivity contribution in [2.45, 2.75) is 19.3 Å². The van der Waals surface area contributed by atoms with Gasteiger partial charge in [0.2, 0.25) is 5.91 Å². The van der Waals surface area contributed by atoms with Crippen molar-refractivity contribution in [2.24, 2.45) is 5.92 Å². The second-order valence-corrected chi connectivity index (χ2v) is 4.55. The van der Waals surface area contributed by atoms with Crippen LogP contribution in [0.25, 0.3) is 10.9 Å². The quantitative estimate of drug-likeness (QED) is 0.742. The molecule has 0 bridgehead atoms. The molecule has 4 heteroatoms. The smallest absolute Gasteiger partial charge is 0.227 e. The zero-order chi connectivity index (χ0) is 11.8. The first-order chi connectivity index (χ1) is 8.24. The molecule has 0 atom stereocenters. The van der Waals surface area contributed by atoms with Gasteiger partial charge in [-0.2, -0.15) is 0 Å². The predicted octanol–water partition coefficient (Wildman–Crippen LogP) is 2.61. The average molecular weight is 230 g/mol. The third kappa shape index (κ3) is 1.75. The maximum atomic E-state index is 11.8. The molecule has 0 radical (unpaired) electrons. The number of aromatic nitrogens is 1. The Hall–Kier alpha value is -1.97. The summed E-state index contributed by atoms with van der Waals surface area (Å²) in [7, 11) is 0. The van der Waals surface area contributed by atoms with Crippen molar-refractivity contribution in [1.82, 2.24) is 4.98 Å². The largest absolute Gasteiger partial charge is 0.508 e. The number of carbonyl (C=O) groups excluding carboxylic acids is 1. The zero-order valence-electron chi connectivity index (χ0n) is 9.36. The Kier molecular flexibility index (Phi) is 2.28. The van der Waals surface area contributed by atoms with E-state index < -0.39 is 0 Å². The van der Waals surface area contributed by atoms with E-state index in [1.54, 1.807) is 24.4 Å². The maximum Gasteiger partial charge on any atom is 0.227 e. The Morgan fingerprint density at radius 2 is 2.24 bits per heavy atom. The molecule has 88 valence electrons. The number of nitrogens with one attached hydrogen (secondary N) is 2. The van der Waals surface area contributed by atoms with Gasteiger partial charge in [-0.3, -0.25) is 4.79 Å². The zero-order valence-corrected chi connectivity index (χ0v) is 9.36. The number of benzene rings is 1. The van der Waals surface area contributed by atoms with Crippen LogP contribution < -0.4 is 5.32 Å². The van der Waals surface area contributed by atoms with Gasteiger partial charge < -0.3 is 15.4 Å². The molecule has 1 saturated carbocycles. The minimum absolute atomic E-state index is 0.0838. The molecule has 1 aliphatic carbocycles. The van der Waals surface area contributed by atoms with E-state index in [1.807, 2.05) is 0 Å². The second-order valence-electron chi connectivity index (χ2n) is 4.55. The number of fused-ring (bicyclic) bond motifs is 1. The average Bonchev–Trinajstić information content (AvgIpc) is 2.58. The van der Waals surface area contributed by atoms with Gasteiger partial charge in [-0.25, -0.2) is 0 Å². The Morgan fingerprint density at radius 3 is 2.94 bits per heavy atom. The predicted molar refractivity (Wildman–Crippen MR) is 65.9 cm³/mol. The molecular weight excluding hydrogens is 216 g/mol. The van der Waals surface area contributed by atoms with Crippen molar-refractivity contribution in [1.29, 1.82) is 0 Å².